The van der Waals surface area contributed by atoms with E-state index >= 15 is 0 Å². The zero-order valence-electron chi connectivity index (χ0n) is 14.9. The van der Waals surface area contributed by atoms with Crippen molar-refractivity contribution in [3.05, 3.63) is 35.9 Å². The lowest BCUT2D eigenvalue weighted by Gasteiger charge is -2.56. The van der Waals surface area contributed by atoms with Gasteiger partial charge in [-0.15, -0.1) is 0 Å². The molecule has 0 spiro atoms. The largest absolute Gasteiger partial charge is 0.346 e. The zero-order valence-corrected chi connectivity index (χ0v) is 14.9. The molecule has 1 unspecified atom stereocenters. The van der Waals surface area contributed by atoms with Crippen LogP contribution in [0.2, 0.25) is 0 Å². The number of likely N-dealkylation sites (N-methyl/N-ethyl adjacent to an activating group) is 1. The van der Waals surface area contributed by atoms with Crippen LogP contribution >= 0.6 is 0 Å². The van der Waals surface area contributed by atoms with Gasteiger partial charge in [0.25, 0.3) is 5.91 Å². The fraction of sp³-hybridized carbons (Fsp3) is 0.667. The van der Waals surface area contributed by atoms with Crippen molar-refractivity contribution in [2.24, 2.45) is 17.8 Å². The molecule has 4 aliphatic rings. The fourth-order valence-corrected chi connectivity index (χ4v) is 6.03. The molecule has 4 fully saturated rings. The zero-order chi connectivity index (χ0) is 16.6. The first kappa shape index (κ1) is 16.1. The third-order valence-corrected chi connectivity index (χ3v) is 6.65. The quantitative estimate of drug-likeness (QED) is 0.825. The number of amides is 1. The summed E-state index contributed by atoms with van der Waals surface area (Å²) in [6, 6.07) is 10.5. The number of carbonyl (C=O) groups is 1. The highest BCUT2D eigenvalue weighted by Gasteiger charge is 2.51. The SMILES string of the molecule is CC[NH+](CC(=O)NC12CC3CC(CC(C3)C1)C2)Cc1ccccc1. The van der Waals surface area contributed by atoms with Crippen molar-refractivity contribution >= 4 is 5.91 Å². The molecule has 5 rings (SSSR count). The molecule has 3 nitrogen and oxygen atoms in total. The highest BCUT2D eigenvalue weighted by atomic mass is 16.2. The summed E-state index contributed by atoms with van der Waals surface area (Å²) in [4.78, 5) is 14.1. The Morgan fingerprint density at radius 2 is 1.67 bits per heavy atom. The van der Waals surface area contributed by atoms with E-state index in [4.69, 9.17) is 0 Å². The van der Waals surface area contributed by atoms with E-state index < -0.39 is 0 Å². The molecule has 1 atom stereocenters. The Hall–Kier alpha value is -1.35. The van der Waals surface area contributed by atoms with Crippen LogP contribution in [0.4, 0.5) is 0 Å². The van der Waals surface area contributed by atoms with Crippen LogP contribution in [0.5, 0.6) is 0 Å². The molecule has 4 bridgehead atoms. The van der Waals surface area contributed by atoms with Crippen molar-refractivity contribution in [3.63, 3.8) is 0 Å². The predicted molar refractivity (Wildman–Crippen MR) is 95.6 cm³/mol. The minimum absolute atomic E-state index is 0.150. The third-order valence-electron chi connectivity index (χ3n) is 6.65. The van der Waals surface area contributed by atoms with E-state index in [1.807, 2.05) is 0 Å². The Balaban J connectivity index is 1.36. The van der Waals surface area contributed by atoms with Gasteiger partial charge in [-0.25, -0.2) is 0 Å². The van der Waals surface area contributed by atoms with E-state index in [-0.39, 0.29) is 11.4 Å². The summed E-state index contributed by atoms with van der Waals surface area (Å²) in [5.41, 5.74) is 1.47. The lowest BCUT2D eigenvalue weighted by atomic mass is 9.53. The van der Waals surface area contributed by atoms with Gasteiger partial charge in [0.15, 0.2) is 6.54 Å². The Morgan fingerprint density at radius 1 is 1.08 bits per heavy atom. The average Bonchev–Trinajstić information content (AvgIpc) is 2.53. The van der Waals surface area contributed by atoms with Crippen molar-refractivity contribution in [2.45, 2.75) is 57.5 Å². The highest BCUT2D eigenvalue weighted by molar-refractivity contribution is 5.77. The van der Waals surface area contributed by atoms with Gasteiger partial charge in [-0.05, 0) is 63.2 Å². The maximum atomic E-state index is 12.8. The minimum Gasteiger partial charge on any atom is -0.346 e. The molecular weight excluding hydrogens is 296 g/mol. The monoisotopic (exact) mass is 327 g/mol. The molecule has 1 amide bonds. The number of quaternary nitrogens is 1. The fourth-order valence-electron chi connectivity index (χ4n) is 6.03. The molecule has 0 aromatic heterocycles. The highest BCUT2D eigenvalue weighted by Crippen LogP contribution is 2.55. The van der Waals surface area contributed by atoms with Gasteiger partial charge in [0, 0.05) is 11.1 Å². The summed E-state index contributed by atoms with van der Waals surface area (Å²) in [6.45, 7) is 4.71. The summed E-state index contributed by atoms with van der Waals surface area (Å²) in [5, 5.41) is 3.52. The normalized spacial score (nSPS) is 35.0. The molecule has 24 heavy (non-hydrogen) atoms. The molecule has 0 heterocycles. The average molecular weight is 327 g/mol. The third kappa shape index (κ3) is 3.37. The Bertz CT molecular complexity index is 547. The van der Waals surface area contributed by atoms with Gasteiger partial charge in [-0.2, -0.15) is 0 Å². The summed E-state index contributed by atoms with van der Waals surface area (Å²) < 4.78 is 0. The van der Waals surface area contributed by atoms with Crippen LogP contribution in [0.3, 0.4) is 0 Å². The van der Waals surface area contributed by atoms with Gasteiger partial charge in [0.2, 0.25) is 0 Å². The minimum atomic E-state index is 0.150. The van der Waals surface area contributed by atoms with Gasteiger partial charge in [0.1, 0.15) is 6.54 Å². The molecule has 2 N–H and O–H groups in total. The van der Waals surface area contributed by atoms with E-state index in [0.717, 1.165) is 30.8 Å². The lowest BCUT2D eigenvalue weighted by Crippen LogP contribution is -3.11. The predicted octanol–water partition coefficient (Wildman–Crippen LogP) is 2.18. The lowest BCUT2D eigenvalue weighted by molar-refractivity contribution is -0.904. The molecule has 1 aromatic carbocycles. The summed E-state index contributed by atoms with van der Waals surface area (Å²) in [5.74, 6) is 2.92. The van der Waals surface area contributed by atoms with Crippen molar-refractivity contribution in [3.8, 4) is 0 Å². The first-order valence-corrected chi connectivity index (χ1v) is 9.82. The van der Waals surface area contributed by atoms with Crippen molar-refractivity contribution in [1.29, 1.82) is 0 Å². The molecule has 3 heteroatoms. The molecule has 4 saturated carbocycles. The molecule has 0 radical (unpaired) electrons. The van der Waals surface area contributed by atoms with E-state index in [2.05, 4.69) is 42.6 Å². The van der Waals surface area contributed by atoms with Crippen LogP contribution in [0, 0.1) is 17.8 Å². The number of hydrogen-bond donors (Lipinski definition) is 2. The van der Waals surface area contributed by atoms with Gasteiger partial charge in [-0.3, -0.25) is 4.79 Å². The van der Waals surface area contributed by atoms with E-state index in [9.17, 15) is 4.79 Å². The Kier molecular flexibility index (Phi) is 4.38. The van der Waals surface area contributed by atoms with Crippen molar-refractivity contribution in [2.75, 3.05) is 13.1 Å². The van der Waals surface area contributed by atoms with Crippen LogP contribution in [0.1, 0.15) is 51.0 Å². The smallest absolute Gasteiger partial charge is 0.275 e. The molecule has 0 saturated heterocycles. The number of carbonyl (C=O) groups excluding carboxylic acids is 1. The molecule has 1 aromatic rings. The maximum absolute atomic E-state index is 12.8. The molecular formula is C21H31N2O+. The van der Waals surface area contributed by atoms with Gasteiger partial charge in [0.05, 0.1) is 6.54 Å². The van der Waals surface area contributed by atoms with Crippen LogP contribution in [0.15, 0.2) is 30.3 Å². The number of hydrogen-bond acceptors (Lipinski definition) is 1. The summed E-state index contributed by atoms with van der Waals surface area (Å²) >= 11 is 0. The topological polar surface area (TPSA) is 33.5 Å². The van der Waals surface area contributed by atoms with Crippen LogP contribution < -0.4 is 10.2 Å². The second-order valence-electron chi connectivity index (χ2n) is 8.69. The molecule has 130 valence electrons. The standard InChI is InChI=1S/C21H30N2O/c1-2-23(14-16-6-4-3-5-7-16)15-20(24)22-21-11-17-8-18(12-21)10-19(9-17)13-21/h3-7,17-19H,2,8-15H2,1H3,(H,22,24)/p+1. The van der Waals surface area contributed by atoms with E-state index in [0.29, 0.717) is 6.54 Å². The van der Waals surface area contributed by atoms with Gasteiger partial charge < -0.3 is 10.2 Å². The number of rotatable bonds is 6. The Labute approximate surface area is 145 Å². The van der Waals surface area contributed by atoms with E-state index in [1.165, 1.54) is 49.0 Å². The van der Waals surface area contributed by atoms with Crippen LogP contribution in [0.25, 0.3) is 0 Å². The second kappa shape index (κ2) is 6.51. The first-order valence-electron chi connectivity index (χ1n) is 9.82. The van der Waals surface area contributed by atoms with Gasteiger partial charge >= 0.3 is 0 Å². The molecule has 4 aliphatic carbocycles. The molecule has 0 aliphatic heterocycles. The van der Waals surface area contributed by atoms with Crippen LogP contribution in [-0.2, 0) is 11.3 Å². The maximum Gasteiger partial charge on any atom is 0.275 e. The van der Waals surface area contributed by atoms with Gasteiger partial charge in [-0.1, -0.05) is 30.3 Å². The summed E-state index contributed by atoms with van der Waals surface area (Å²) in [6.07, 6.45) is 8.00. The van der Waals surface area contributed by atoms with Crippen LogP contribution in [-0.4, -0.2) is 24.5 Å². The summed E-state index contributed by atoms with van der Waals surface area (Å²) in [7, 11) is 0. The second-order valence-corrected chi connectivity index (χ2v) is 8.69. The number of nitrogens with one attached hydrogen (secondary N) is 2. The number of benzene rings is 1. The van der Waals surface area contributed by atoms with E-state index in [1.54, 1.807) is 0 Å². The first-order chi connectivity index (χ1) is 11.6. The van der Waals surface area contributed by atoms with Crippen molar-refractivity contribution in [1.82, 2.24) is 5.32 Å². The Morgan fingerprint density at radius 3 is 2.21 bits per heavy atom. The van der Waals surface area contributed by atoms with Crippen molar-refractivity contribution < 1.29 is 9.69 Å².